The number of hydrogen-bond donors (Lipinski definition) is 1. The molecule has 4 rings (SSSR count). The van der Waals surface area contributed by atoms with Crippen LogP contribution in [-0.2, 0) is 21.2 Å². The maximum Gasteiger partial charge on any atom is 0.252 e. The molecule has 0 saturated carbocycles. The molecule has 0 aliphatic carbocycles. The van der Waals surface area contributed by atoms with Gasteiger partial charge in [0.05, 0.1) is 6.42 Å². The first-order valence-corrected chi connectivity index (χ1v) is 13.0. The molecule has 2 fully saturated rings. The molecule has 1 N–H and O–H groups in total. The third-order valence-corrected chi connectivity index (χ3v) is 9.20. The van der Waals surface area contributed by atoms with Gasteiger partial charge >= 0.3 is 0 Å². The predicted molar refractivity (Wildman–Crippen MR) is 122 cm³/mol. The van der Waals surface area contributed by atoms with Crippen LogP contribution in [0.25, 0.3) is 0 Å². The van der Waals surface area contributed by atoms with Crippen LogP contribution >= 0.6 is 11.3 Å². The van der Waals surface area contributed by atoms with Crippen LogP contribution in [0.15, 0.2) is 40.6 Å². The molecule has 6 nitrogen and oxygen atoms in total. The second kappa shape index (κ2) is 9.49. The molecule has 3 heterocycles. The van der Waals surface area contributed by atoms with E-state index in [4.69, 9.17) is 0 Å². The van der Waals surface area contributed by atoms with Crippen molar-refractivity contribution in [2.45, 2.75) is 49.2 Å². The summed E-state index contributed by atoms with van der Waals surface area (Å²) >= 11 is 1.20. The van der Waals surface area contributed by atoms with Crippen molar-refractivity contribution in [3.63, 3.8) is 0 Å². The third kappa shape index (κ3) is 5.04. The highest BCUT2D eigenvalue weighted by Crippen LogP contribution is 2.28. The number of benzene rings is 1. The number of carbonyl (C=O) groups excluding carboxylic acids is 1. The number of amides is 1. The van der Waals surface area contributed by atoms with E-state index in [0.717, 1.165) is 42.9 Å². The van der Waals surface area contributed by atoms with E-state index in [-0.39, 0.29) is 12.3 Å². The molecule has 0 spiro atoms. The predicted octanol–water partition coefficient (Wildman–Crippen LogP) is 4.09. The lowest BCUT2D eigenvalue weighted by Crippen LogP contribution is -2.35. The normalized spacial score (nSPS) is 18.3. The van der Waals surface area contributed by atoms with E-state index in [2.05, 4.69) is 22.3 Å². The Morgan fingerprint density at radius 2 is 1.50 bits per heavy atom. The van der Waals surface area contributed by atoms with Crippen molar-refractivity contribution in [2.75, 3.05) is 36.4 Å². The molecule has 2 aromatic rings. The lowest BCUT2D eigenvalue weighted by atomic mass is 10.1. The third-order valence-electron chi connectivity index (χ3n) is 5.75. The molecule has 0 radical (unpaired) electrons. The van der Waals surface area contributed by atoms with Crippen molar-refractivity contribution in [2.24, 2.45) is 0 Å². The Hall–Kier alpha value is -1.90. The van der Waals surface area contributed by atoms with Crippen LogP contribution in [0, 0.1) is 0 Å². The summed E-state index contributed by atoms with van der Waals surface area (Å²) in [6, 6.07) is 11.3. The zero-order valence-electron chi connectivity index (χ0n) is 17.2. The van der Waals surface area contributed by atoms with Crippen LogP contribution in [-0.4, -0.2) is 44.8 Å². The van der Waals surface area contributed by atoms with Gasteiger partial charge in [-0.3, -0.25) is 4.79 Å². The number of piperidine rings is 2. The Kier molecular flexibility index (Phi) is 6.75. The van der Waals surface area contributed by atoms with Crippen LogP contribution in [0.5, 0.6) is 0 Å². The minimum absolute atomic E-state index is 0.135. The van der Waals surface area contributed by atoms with Gasteiger partial charge < -0.3 is 10.2 Å². The second-order valence-corrected chi connectivity index (χ2v) is 11.3. The van der Waals surface area contributed by atoms with Crippen LogP contribution in [0.2, 0.25) is 0 Å². The number of rotatable bonds is 6. The van der Waals surface area contributed by atoms with Gasteiger partial charge in [0, 0.05) is 42.4 Å². The molecule has 30 heavy (non-hydrogen) atoms. The molecule has 2 aliphatic rings. The highest BCUT2D eigenvalue weighted by molar-refractivity contribution is 7.91. The van der Waals surface area contributed by atoms with E-state index in [0.29, 0.717) is 17.3 Å². The number of hydrogen-bond acceptors (Lipinski definition) is 5. The van der Waals surface area contributed by atoms with Gasteiger partial charge in [0.1, 0.15) is 4.21 Å². The van der Waals surface area contributed by atoms with Crippen molar-refractivity contribution in [3.05, 3.63) is 41.3 Å². The number of thiophene rings is 1. The summed E-state index contributed by atoms with van der Waals surface area (Å²) in [4.78, 5) is 15.6. The van der Waals surface area contributed by atoms with Crippen LogP contribution in [0.1, 0.15) is 43.4 Å². The number of nitrogens with one attached hydrogen (secondary N) is 1. The van der Waals surface area contributed by atoms with Crippen LogP contribution in [0.4, 0.5) is 11.4 Å². The topological polar surface area (TPSA) is 69.7 Å². The maximum atomic E-state index is 12.8. The Morgan fingerprint density at radius 3 is 2.17 bits per heavy atom. The van der Waals surface area contributed by atoms with Gasteiger partial charge in [-0.2, -0.15) is 4.31 Å². The molecule has 1 amide bonds. The smallest absolute Gasteiger partial charge is 0.252 e. The van der Waals surface area contributed by atoms with E-state index in [1.807, 2.05) is 12.1 Å². The molecule has 2 saturated heterocycles. The molecule has 1 aromatic heterocycles. The first-order valence-electron chi connectivity index (χ1n) is 10.8. The van der Waals surface area contributed by atoms with Gasteiger partial charge in [0.2, 0.25) is 5.91 Å². The Morgan fingerprint density at radius 1 is 0.867 bits per heavy atom. The van der Waals surface area contributed by atoms with Gasteiger partial charge in [0.25, 0.3) is 10.0 Å². The molecule has 8 heteroatoms. The highest BCUT2D eigenvalue weighted by atomic mass is 32.2. The summed E-state index contributed by atoms with van der Waals surface area (Å²) in [7, 11) is -3.44. The van der Waals surface area contributed by atoms with E-state index in [1.54, 1.807) is 16.4 Å². The summed E-state index contributed by atoms with van der Waals surface area (Å²) in [6.45, 7) is 3.35. The summed E-state index contributed by atoms with van der Waals surface area (Å²) in [5.74, 6) is -0.135. The standard InChI is InChI=1S/C22H29N3O3S2/c26-21(23-18-7-9-19(10-8-18)24-13-3-1-4-14-24)17-20-11-12-22(29-20)30(27,28)25-15-5-2-6-16-25/h7-12H,1-6,13-17H2,(H,23,26). The maximum absolute atomic E-state index is 12.8. The quantitative estimate of drug-likeness (QED) is 0.724. The van der Waals surface area contributed by atoms with Crippen molar-refractivity contribution in [1.82, 2.24) is 4.31 Å². The SMILES string of the molecule is O=C(Cc1ccc(S(=O)(=O)N2CCCCC2)s1)Nc1ccc(N2CCCCC2)cc1. The van der Waals surface area contributed by atoms with E-state index in [9.17, 15) is 13.2 Å². The molecular weight excluding hydrogens is 418 g/mol. The summed E-state index contributed by atoms with van der Waals surface area (Å²) < 4.78 is 27.4. The molecule has 162 valence electrons. The van der Waals surface area contributed by atoms with Gasteiger partial charge in [0.15, 0.2) is 0 Å². The molecule has 1 aromatic carbocycles. The number of carbonyl (C=O) groups is 1. The number of anilines is 2. The average molecular weight is 448 g/mol. The zero-order chi connectivity index (χ0) is 21.0. The number of sulfonamides is 1. The molecule has 0 bridgehead atoms. The molecule has 0 unspecified atom stereocenters. The summed E-state index contributed by atoms with van der Waals surface area (Å²) in [5.41, 5.74) is 1.96. The second-order valence-electron chi connectivity index (χ2n) is 8.01. The average Bonchev–Trinajstić information content (AvgIpc) is 3.25. The Balaban J connectivity index is 1.34. The van der Waals surface area contributed by atoms with Crippen molar-refractivity contribution in [3.8, 4) is 0 Å². The summed E-state index contributed by atoms with van der Waals surface area (Å²) in [5, 5.41) is 2.92. The van der Waals surface area contributed by atoms with Gasteiger partial charge in [-0.05, 0) is 68.5 Å². The van der Waals surface area contributed by atoms with Crippen molar-refractivity contribution >= 4 is 38.6 Å². The van der Waals surface area contributed by atoms with Crippen molar-refractivity contribution in [1.29, 1.82) is 0 Å². The Labute approximate surface area is 182 Å². The van der Waals surface area contributed by atoms with E-state index >= 15 is 0 Å². The minimum atomic E-state index is -3.44. The van der Waals surface area contributed by atoms with Gasteiger partial charge in [-0.1, -0.05) is 6.42 Å². The number of nitrogens with zero attached hydrogens (tertiary/aromatic N) is 2. The van der Waals surface area contributed by atoms with E-state index < -0.39 is 10.0 Å². The molecular formula is C22H29N3O3S2. The summed E-state index contributed by atoms with van der Waals surface area (Å²) in [6.07, 6.45) is 6.85. The highest BCUT2D eigenvalue weighted by Gasteiger charge is 2.27. The first-order chi connectivity index (χ1) is 14.5. The largest absolute Gasteiger partial charge is 0.372 e. The van der Waals surface area contributed by atoms with E-state index in [1.165, 1.54) is 36.3 Å². The van der Waals surface area contributed by atoms with Crippen molar-refractivity contribution < 1.29 is 13.2 Å². The minimum Gasteiger partial charge on any atom is -0.372 e. The van der Waals surface area contributed by atoms with Gasteiger partial charge in [-0.15, -0.1) is 11.3 Å². The fourth-order valence-electron chi connectivity index (χ4n) is 4.10. The first kappa shape index (κ1) is 21.3. The van der Waals surface area contributed by atoms with Gasteiger partial charge in [-0.25, -0.2) is 8.42 Å². The van der Waals surface area contributed by atoms with Crippen LogP contribution < -0.4 is 10.2 Å². The Bertz CT molecular complexity index is 958. The fourth-order valence-corrected chi connectivity index (χ4v) is 7.12. The lowest BCUT2D eigenvalue weighted by molar-refractivity contribution is -0.115. The lowest BCUT2D eigenvalue weighted by Gasteiger charge is -2.28. The zero-order valence-corrected chi connectivity index (χ0v) is 18.8. The monoisotopic (exact) mass is 447 g/mol. The molecule has 2 aliphatic heterocycles. The van der Waals surface area contributed by atoms with Crippen LogP contribution in [0.3, 0.4) is 0 Å². The molecule has 0 atom stereocenters. The fraction of sp³-hybridized carbons (Fsp3) is 0.500.